The number of aromatic nitrogens is 1. The molecule has 1 aromatic heterocycles. The Kier molecular flexibility index (Phi) is 5.76. The first kappa shape index (κ1) is 16.0. The van der Waals surface area contributed by atoms with Gasteiger partial charge in [0.25, 0.3) is 0 Å². The molecule has 0 aliphatic heterocycles. The van der Waals surface area contributed by atoms with Crippen molar-refractivity contribution in [3.05, 3.63) is 57.8 Å². The van der Waals surface area contributed by atoms with Crippen molar-refractivity contribution in [3.8, 4) is 5.75 Å². The topological polar surface area (TPSA) is 34.2 Å². The lowest BCUT2D eigenvalue weighted by Gasteiger charge is -2.21. The van der Waals surface area contributed by atoms with E-state index in [0.717, 1.165) is 28.9 Å². The third-order valence-corrected chi connectivity index (χ3v) is 3.90. The van der Waals surface area contributed by atoms with Gasteiger partial charge in [-0.2, -0.15) is 0 Å². The molecule has 1 heterocycles. The highest BCUT2D eigenvalue weighted by Gasteiger charge is 2.17. The third-order valence-electron chi connectivity index (χ3n) is 3.43. The van der Waals surface area contributed by atoms with Crippen LogP contribution in [0, 0.1) is 6.92 Å². The van der Waals surface area contributed by atoms with Gasteiger partial charge in [0.1, 0.15) is 5.75 Å². The quantitative estimate of drug-likeness (QED) is 0.847. The summed E-state index contributed by atoms with van der Waals surface area (Å²) in [6.07, 6.45) is 2.93. The Morgan fingerprint density at radius 3 is 2.67 bits per heavy atom. The van der Waals surface area contributed by atoms with Crippen LogP contribution in [0.4, 0.5) is 0 Å². The third kappa shape index (κ3) is 4.05. The highest BCUT2D eigenvalue weighted by Crippen LogP contribution is 2.27. The molecule has 0 aliphatic carbocycles. The summed E-state index contributed by atoms with van der Waals surface area (Å²) in [4.78, 5) is 4.55. The number of nitrogens with zero attached hydrogens (tertiary/aromatic N) is 1. The van der Waals surface area contributed by atoms with Crippen molar-refractivity contribution >= 4 is 15.9 Å². The van der Waals surface area contributed by atoms with Crippen LogP contribution in [0.25, 0.3) is 0 Å². The van der Waals surface area contributed by atoms with Crippen LogP contribution in [0.5, 0.6) is 5.75 Å². The Labute approximate surface area is 134 Å². The van der Waals surface area contributed by atoms with Crippen LogP contribution < -0.4 is 10.1 Å². The zero-order chi connectivity index (χ0) is 15.2. The second-order valence-electron chi connectivity index (χ2n) is 5.01. The fraction of sp³-hybridized carbons (Fsp3) is 0.353. The number of nitrogens with one attached hydrogen (secondary N) is 1. The highest BCUT2D eigenvalue weighted by molar-refractivity contribution is 9.10. The van der Waals surface area contributed by atoms with Crippen molar-refractivity contribution in [2.24, 2.45) is 0 Å². The molecule has 1 unspecified atom stereocenters. The second-order valence-corrected chi connectivity index (χ2v) is 5.93. The van der Waals surface area contributed by atoms with Gasteiger partial charge in [0.05, 0.1) is 18.8 Å². The Bertz CT molecular complexity index is 584. The minimum Gasteiger partial charge on any atom is -0.497 e. The highest BCUT2D eigenvalue weighted by atomic mass is 79.9. The van der Waals surface area contributed by atoms with Crippen LogP contribution in [0.2, 0.25) is 0 Å². The molecule has 0 spiro atoms. The summed E-state index contributed by atoms with van der Waals surface area (Å²) in [6, 6.07) is 10.4. The minimum absolute atomic E-state index is 0.101. The second kappa shape index (κ2) is 7.57. The molecule has 1 atom stereocenters. The Morgan fingerprint density at radius 1 is 1.29 bits per heavy atom. The van der Waals surface area contributed by atoms with E-state index in [1.165, 1.54) is 11.1 Å². The maximum Gasteiger partial charge on any atom is 0.119 e. The van der Waals surface area contributed by atoms with Crippen LogP contribution in [-0.2, 0) is 0 Å². The molecule has 4 heteroatoms. The number of hydrogen-bond acceptors (Lipinski definition) is 3. The van der Waals surface area contributed by atoms with Crippen LogP contribution in [-0.4, -0.2) is 18.6 Å². The average Bonchev–Trinajstić information content (AvgIpc) is 2.50. The molecule has 0 saturated carbocycles. The lowest BCUT2D eigenvalue weighted by atomic mass is 9.98. The molecular formula is C17H21BrN2O. The largest absolute Gasteiger partial charge is 0.497 e. The average molecular weight is 349 g/mol. The Morgan fingerprint density at radius 2 is 2.10 bits per heavy atom. The first-order chi connectivity index (χ1) is 10.2. The zero-order valence-electron chi connectivity index (χ0n) is 12.7. The molecule has 0 bridgehead atoms. The fourth-order valence-corrected chi connectivity index (χ4v) is 2.55. The number of pyridine rings is 1. The molecule has 112 valence electrons. The summed E-state index contributed by atoms with van der Waals surface area (Å²) in [5.74, 6) is 0.884. The predicted molar refractivity (Wildman–Crippen MR) is 89.8 cm³/mol. The SMILES string of the molecule is CCCNC(c1ccc(Br)cn1)c1ccc(OC)cc1C. The summed E-state index contributed by atoms with van der Waals surface area (Å²) in [5, 5.41) is 3.58. The summed E-state index contributed by atoms with van der Waals surface area (Å²) in [7, 11) is 1.69. The van der Waals surface area contributed by atoms with E-state index in [0.29, 0.717) is 0 Å². The first-order valence-corrected chi connectivity index (χ1v) is 7.94. The van der Waals surface area contributed by atoms with Gasteiger partial charge in [-0.05, 0) is 71.2 Å². The smallest absolute Gasteiger partial charge is 0.119 e. The molecule has 0 amide bonds. The molecule has 1 N–H and O–H groups in total. The minimum atomic E-state index is 0.101. The van der Waals surface area contributed by atoms with Gasteiger partial charge in [-0.25, -0.2) is 0 Å². The number of ether oxygens (including phenoxy) is 1. The van der Waals surface area contributed by atoms with Crippen LogP contribution in [0.1, 0.15) is 36.2 Å². The van der Waals surface area contributed by atoms with Gasteiger partial charge in [0.2, 0.25) is 0 Å². The van der Waals surface area contributed by atoms with Crippen molar-refractivity contribution in [2.75, 3.05) is 13.7 Å². The van der Waals surface area contributed by atoms with Gasteiger partial charge in [-0.1, -0.05) is 13.0 Å². The van der Waals surface area contributed by atoms with Crippen LogP contribution in [0.3, 0.4) is 0 Å². The number of methoxy groups -OCH3 is 1. The summed E-state index contributed by atoms with van der Waals surface area (Å²) >= 11 is 3.44. The van der Waals surface area contributed by atoms with Crippen molar-refractivity contribution < 1.29 is 4.74 Å². The maximum atomic E-state index is 5.29. The summed E-state index contributed by atoms with van der Waals surface area (Å²) in [5.41, 5.74) is 3.46. The fourth-order valence-electron chi connectivity index (χ4n) is 2.32. The van der Waals surface area contributed by atoms with Crippen molar-refractivity contribution in [2.45, 2.75) is 26.3 Å². The van der Waals surface area contributed by atoms with E-state index < -0.39 is 0 Å². The lowest BCUT2D eigenvalue weighted by Crippen LogP contribution is -2.24. The van der Waals surface area contributed by atoms with E-state index in [1.54, 1.807) is 7.11 Å². The van der Waals surface area contributed by atoms with E-state index in [-0.39, 0.29) is 6.04 Å². The van der Waals surface area contributed by atoms with Crippen molar-refractivity contribution in [1.29, 1.82) is 0 Å². The molecule has 2 aromatic rings. The number of hydrogen-bond donors (Lipinski definition) is 1. The van der Waals surface area contributed by atoms with Gasteiger partial charge < -0.3 is 10.1 Å². The van der Waals surface area contributed by atoms with Crippen LogP contribution in [0.15, 0.2) is 41.0 Å². The van der Waals surface area contributed by atoms with Gasteiger partial charge in [-0.3, -0.25) is 4.98 Å². The summed E-state index contributed by atoms with van der Waals surface area (Å²) < 4.78 is 6.28. The van der Waals surface area contributed by atoms with Gasteiger partial charge in [0, 0.05) is 10.7 Å². The summed E-state index contributed by atoms with van der Waals surface area (Å²) in [6.45, 7) is 5.23. The van der Waals surface area contributed by atoms with E-state index in [9.17, 15) is 0 Å². The molecule has 2 rings (SSSR count). The molecule has 0 fully saturated rings. The number of aryl methyl sites for hydroxylation is 1. The normalized spacial score (nSPS) is 12.2. The van der Waals surface area contributed by atoms with E-state index in [2.05, 4.69) is 58.3 Å². The van der Waals surface area contributed by atoms with Gasteiger partial charge >= 0.3 is 0 Å². The first-order valence-electron chi connectivity index (χ1n) is 7.15. The van der Waals surface area contributed by atoms with E-state index in [4.69, 9.17) is 4.74 Å². The van der Waals surface area contributed by atoms with Crippen molar-refractivity contribution in [3.63, 3.8) is 0 Å². The molecule has 21 heavy (non-hydrogen) atoms. The Balaban J connectivity index is 2.37. The molecule has 0 aliphatic rings. The molecule has 0 saturated heterocycles. The molecular weight excluding hydrogens is 328 g/mol. The monoisotopic (exact) mass is 348 g/mol. The molecule has 0 radical (unpaired) electrons. The lowest BCUT2D eigenvalue weighted by molar-refractivity contribution is 0.414. The Hall–Kier alpha value is -1.39. The standard InChI is InChI=1S/C17H21BrN2O/c1-4-9-19-17(16-8-5-13(18)11-20-16)15-7-6-14(21-3)10-12(15)2/h5-8,10-11,17,19H,4,9H2,1-3H3. The number of halogens is 1. The molecule has 1 aromatic carbocycles. The zero-order valence-corrected chi connectivity index (χ0v) is 14.3. The maximum absolute atomic E-state index is 5.29. The number of benzene rings is 1. The predicted octanol–water partition coefficient (Wildman–Crippen LogP) is 4.25. The van der Waals surface area contributed by atoms with E-state index >= 15 is 0 Å². The van der Waals surface area contributed by atoms with Crippen molar-refractivity contribution in [1.82, 2.24) is 10.3 Å². The molecule has 3 nitrogen and oxygen atoms in total. The van der Waals surface area contributed by atoms with Gasteiger partial charge in [-0.15, -0.1) is 0 Å². The van der Waals surface area contributed by atoms with Gasteiger partial charge in [0.15, 0.2) is 0 Å². The van der Waals surface area contributed by atoms with E-state index in [1.807, 2.05) is 18.3 Å². The van der Waals surface area contributed by atoms with Crippen LogP contribution >= 0.6 is 15.9 Å². The number of rotatable bonds is 6.